The Morgan fingerprint density at radius 1 is 1.16 bits per heavy atom. The van der Waals surface area contributed by atoms with Crippen molar-refractivity contribution in [2.24, 2.45) is 0 Å². The van der Waals surface area contributed by atoms with E-state index in [1.807, 2.05) is 39.0 Å². The normalized spacial score (nSPS) is 18.6. The van der Waals surface area contributed by atoms with Gasteiger partial charge in [-0.25, -0.2) is 8.42 Å². The molecular weight excluding hydrogens is 428 g/mol. The number of aryl methyl sites for hydroxylation is 1. The number of rotatable bonds is 6. The van der Waals surface area contributed by atoms with Crippen LogP contribution in [0.4, 0.5) is 0 Å². The first-order valence-corrected chi connectivity index (χ1v) is 12.4. The maximum absolute atomic E-state index is 12.8. The van der Waals surface area contributed by atoms with Crippen molar-refractivity contribution in [2.75, 3.05) is 19.7 Å². The number of hydrogen-bond acceptors (Lipinski definition) is 5. The number of hydrogen-bond donors (Lipinski definition) is 1. The van der Waals surface area contributed by atoms with E-state index >= 15 is 0 Å². The minimum absolute atomic E-state index is 0.0766. The first-order valence-electron chi connectivity index (χ1n) is 10.9. The van der Waals surface area contributed by atoms with E-state index in [0.29, 0.717) is 42.3 Å². The molecule has 0 unspecified atom stereocenters. The Hall–Kier alpha value is -2.58. The maximum atomic E-state index is 12.8. The molecule has 0 bridgehead atoms. The number of carbonyl (C=O) groups excluding carboxylic acids is 1. The SMILES string of the molecule is Cc1ccc(S(=O)(=O)N2CCC(NC(=O)COc3cccc4c3OC(C)(C)C4)CC2)cc1. The molecule has 2 aliphatic rings. The number of sulfonamides is 1. The summed E-state index contributed by atoms with van der Waals surface area (Å²) in [5, 5.41) is 2.97. The van der Waals surface area contributed by atoms with Crippen molar-refractivity contribution in [2.45, 2.75) is 56.6 Å². The molecule has 1 fully saturated rings. The summed E-state index contributed by atoms with van der Waals surface area (Å²) in [6.45, 7) is 6.60. The fourth-order valence-electron chi connectivity index (χ4n) is 4.21. The molecule has 4 rings (SSSR count). The number of carbonyl (C=O) groups is 1. The highest BCUT2D eigenvalue weighted by Gasteiger charge is 2.33. The van der Waals surface area contributed by atoms with E-state index in [-0.39, 0.29) is 24.2 Å². The zero-order valence-corrected chi connectivity index (χ0v) is 19.6. The van der Waals surface area contributed by atoms with Crippen molar-refractivity contribution in [3.05, 3.63) is 53.6 Å². The topological polar surface area (TPSA) is 84.9 Å². The highest BCUT2D eigenvalue weighted by Crippen LogP contribution is 2.41. The summed E-state index contributed by atoms with van der Waals surface area (Å²) in [4.78, 5) is 12.7. The van der Waals surface area contributed by atoms with Crippen LogP contribution in [0.2, 0.25) is 0 Å². The average molecular weight is 459 g/mol. The second-order valence-electron chi connectivity index (χ2n) is 9.13. The van der Waals surface area contributed by atoms with Crippen LogP contribution >= 0.6 is 0 Å². The molecule has 2 aliphatic heterocycles. The summed E-state index contributed by atoms with van der Waals surface area (Å²) in [7, 11) is -3.51. The average Bonchev–Trinajstić information content (AvgIpc) is 3.07. The predicted molar refractivity (Wildman–Crippen MR) is 121 cm³/mol. The highest BCUT2D eigenvalue weighted by molar-refractivity contribution is 7.89. The van der Waals surface area contributed by atoms with Crippen LogP contribution < -0.4 is 14.8 Å². The Morgan fingerprint density at radius 3 is 2.53 bits per heavy atom. The van der Waals surface area contributed by atoms with Gasteiger partial charge in [0, 0.05) is 31.1 Å². The van der Waals surface area contributed by atoms with Gasteiger partial charge in [0.1, 0.15) is 5.60 Å². The third-order valence-corrected chi connectivity index (χ3v) is 7.80. The van der Waals surface area contributed by atoms with Crippen LogP contribution in [0.15, 0.2) is 47.4 Å². The smallest absolute Gasteiger partial charge is 0.258 e. The third kappa shape index (κ3) is 4.91. The van der Waals surface area contributed by atoms with E-state index in [1.54, 1.807) is 24.3 Å². The summed E-state index contributed by atoms with van der Waals surface area (Å²) in [5.74, 6) is 1.06. The van der Waals surface area contributed by atoms with E-state index < -0.39 is 10.0 Å². The first-order chi connectivity index (χ1) is 15.1. The van der Waals surface area contributed by atoms with Gasteiger partial charge in [-0.05, 0) is 51.8 Å². The largest absolute Gasteiger partial charge is 0.483 e. The first kappa shape index (κ1) is 22.6. The van der Waals surface area contributed by atoms with Gasteiger partial charge in [0.25, 0.3) is 5.91 Å². The molecule has 1 N–H and O–H groups in total. The molecule has 32 heavy (non-hydrogen) atoms. The van der Waals surface area contributed by atoms with Crippen molar-refractivity contribution in [3.8, 4) is 11.5 Å². The lowest BCUT2D eigenvalue weighted by molar-refractivity contribution is -0.124. The van der Waals surface area contributed by atoms with Crippen molar-refractivity contribution >= 4 is 15.9 Å². The molecule has 2 aromatic carbocycles. The molecule has 0 spiro atoms. The lowest BCUT2D eigenvalue weighted by Crippen LogP contribution is -2.47. The summed E-state index contributed by atoms with van der Waals surface area (Å²) >= 11 is 0. The second-order valence-corrected chi connectivity index (χ2v) is 11.1. The summed E-state index contributed by atoms with van der Waals surface area (Å²) in [6, 6.07) is 12.5. The molecule has 8 heteroatoms. The molecule has 2 heterocycles. The van der Waals surface area contributed by atoms with Gasteiger partial charge < -0.3 is 14.8 Å². The summed E-state index contributed by atoms with van der Waals surface area (Å²) < 4.78 is 38.9. The molecule has 1 saturated heterocycles. The Labute approximate surface area is 189 Å². The van der Waals surface area contributed by atoms with E-state index in [1.165, 1.54) is 4.31 Å². The molecule has 2 aromatic rings. The highest BCUT2D eigenvalue weighted by atomic mass is 32.2. The Kier molecular flexibility index (Phi) is 6.18. The van der Waals surface area contributed by atoms with Crippen molar-refractivity contribution in [1.29, 1.82) is 0 Å². The van der Waals surface area contributed by atoms with E-state index in [2.05, 4.69) is 5.32 Å². The molecule has 0 aromatic heterocycles. The summed E-state index contributed by atoms with van der Waals surface area (Å²) in [6.07, 6.45) is 1.93. The van der Waals surface area contributed by atoms with Gasteiger partial charge in [0.15, 0.2) is 18.1 Å². The second kappa shape index (κ2) is 8.75. The minimum Gasteiger partial charge on any atom is -0.483 e. The van der Waals surface area contributed by atoms with Gasteiger partial charge in [-0.15, -0.1) is 0 Å². The van der Waals surface area contributed by atoms with Gasteiger partial charge in [-0.3, -0.25) is 4.79 Å². The number of piperidine rings is 1. The Bertz CT molecular complexity index is 1090. The third-order valence-electron chi connectivity index (χ3n) is 5.89. The van der Waals surface area contributed by atoms with Gasteiger partial charge in [0.2, 0.25) is 10.0 Å². The molecule has 0 atom stereocenters. The zero-order chi connectivity index (χ0) is 22.9. The van der Waals surface area contributed by atoms with Crippen LogP contribution in [0.5, 0.6) is 11.5 Å². The van der Waals surface area contributed by atoms with E-state index in [0.717, 1.165) is 17.5 Å². The molecular formula is C24H30N2O5S. The number of para-hydroxylation sites is 1. The molecule has 172 valence electrons. The van der Waals surface area contributed by atoms with E-state index in [4.69, 9.17) is 9.47 Å². The van der Waals surface area contributed by atoms with Crippen LogP contribution in [-0.2, 0) is 21.2 Å². The Morgan fingerprint density at radius 2 is 1.84 bits per heavy atom. The number of fused-ring (bicyclic) bond motifs is 1. The number of ether oxygens (including phenoxy) is 2. The van der Waals surface area contributed by atoms with Crippen LogP contribution in [0.1, 0.15) is 37.8 Å². The molecule has 0 radical (unpaired) electrons. The fraction of sp³-hybridized carbons (Fsp3) is 0.458. The summed E-state index contributed by atoms with van der Waals surface area (Å²) in [5.41, 5.74) is 1.81. The van der Waals surface area contributed by atoms with Crippen molar-refractivity contribution < 1.29 is 22.7 Å². The maximum Gasteiger partial charge on any atom is 0.258 e. The number of amides is 1. The van der Waals surface area contributed by atoms with Crippen LogP contribution in [0.25, 0.3) is 0 Å². The monoisotopic (exact) mass is 458 g/mol. The lowest BCUT2D eigenvalue weighted by Gasteiger charge is -2.31. The predicted octanol–water partition coefficient (Wildman–Crippen LogP) is 3.06. The quantitative estimate of drug-likeness (QED) is 0.719. The van der Waals surface area contributed by atoms with E-state index in [9.17, 15) is 13.2 Å². The number of nitrogens with zero attached hydrogens (tertiary/aromatic N) is 1. The molecule has 0 aliphatic carbocycles. The van der Waals surface area contributed by atoms with Gasteiger partial charge in [-0.1, -0.05) is 29.8 Å². The van der Waals surface area contributed by atoms with Crippen molar-refractivity contribution in [3.63, 3.8) is 0 Å². The van der Waals surface area contributed by atoms with Crippen LogP contribution in [-0.4, -0.2) is 50.0 Å². The molecule has 7 nitrogen and oxygen atoms in total. The Balaban J connectivity index is 1.28. The molecule has 1 amide bonds. The number of nitrogens with one attached hydrogen (secondary N) is 1. The lowest BCUT2D eigenvalue weighted by atomic mass is 10.0. The van der Waals surface area contributed by atoms with Crippen molar-refractivity contribution in [1.82, 2.24) is 9.62 Å². The standard InChI is InChI=1S/C24H30N2O5S/c1-17-7-9-20(10-8-17)32(28,29)26-13-11-19(12-14-26)25-22(27)16-30-21-6-4-5-18-15-24(2,3)31-23(18)21/h4-10,19H,11-16H2,1-3H3,(H,25,27). The van der Waals surface area contributed by atoms with Gasteiger partial charge in [-0.2, -0.15) is 4.31 Å². The number of benzene rings is 2. The molecule has 0 saturated carbocycles. The fourth-order valence-corrected chi connectivity index (χ4v) is 5.68. The van der Waals surface area contributed by atoms with Crippen LogP contribution in [0.3, 0.4) is 0 Å². The van der Waals surface area contributed by atoms with Gasteiger partial charge in [0.05, 0.1) is 4.90 Å². The minimum atomic E-state index is -3.51. The zero-order valence-electron chi connectivity index (χ0n) is 18.8. The van der Waals surface area contributed by atoms with Gasteiger partial charge >= 0.3 is 0 Å². The van der Waals surface area contributed by atoms with Crippen LogP contribution in [0, 0.1) is 6.92 Å².